The highest BCUT2D eigenvalue weighted by Gasteiger charge is 2.49. The summed E-state index contributed by atoms with van der Waals surface area (Å²) < 4.78 is 69.5. The second-order valence-electron chi connectivity index (χ2n) is 9.33. The van der Waals surface area contributed by atoms with Crippen molar-refractivity contribution >= 4 is 9.84 Å². The van der Waals surface area contributed by atoms with Crippen LogP contribution in [0.4, 0.5) is 13.2 Å². The first kappa shape index (κ1) is 24.7. The molecule has 0 saturated heterocycles. The van der Waals surface area contributed by atoms with Gasteiger partial charge in [-0.15, -0.1) is 0 Å². The molecular weight excluding hydrogens is 445 g/mol. The molecule has 1 aliphatic heterocycles. The van der Waals surface area contributed by atoms with E-state index in [1.807, 2.05) is 20.8 Å². The van der Waals surface area contributed by atoms with Gasteiger partial charge in [0.2, 0.25) is 5.79 Å². The van der Waals surface area contributed by atoms with Gasteiger partial charge in [-0.05, 0) is 42.5 Å². The molecule has 0 spiro atoms. The van der Waals surface area contributed by atoms with E-state index in [0.29, 0.717) is 5.56 Å². The van der Waals surface area contributed by atoms with E-state index in [0.717, 1.165) is 5.56 Å². The molecular formula is C23H27F3O5S. The van der Waals surface area contributed by atoms with E-state index in [-0.39, 0.29) is 15.9 Å². The Hall–Kier alpha value is -1.94. The van der Waals surface area contributed by atoms with Gasteiger partial charge in [0.1, 0.15) is 12.2 Å². The predicted octanol–water partition coefficient (Wildman–Crippen LogP) is 5.39. The second-order valence-corrected chi connectivity index (χ2v) is 11.3. The largest absolute Gasteiger partial charge is 0.411 e. The third kappa shape index (κ3) is 5.17. The molecule has 1 heterocycles. The minimum Gasteiger partial charge on any atom is -0.334 e. The standard InChI is InChI=1S/C23H27F3O5S/c1-20(2,3)16-10-12-17(13-11-16)32(27,28)15-21(4)18-8-6-7-9-19(18)22(5,31-30-21)29-14-23(24,25)26/h6-13H,14-15H2,1-5H3. The highest BCUT2D eigenvalue weighted by molar-refractivity contribution is 7.91. The van der Waals surface area contributed by atoms with E-state index in [1.54, 1.807) is 42.5 Å². The van der Waals surface area contributed by atoms with Gasteiger partial charge >= 0.3 is 6.18 Å². The Labute approximate surface area is 186 Å². The Morgan fingerprint density at radius 2 is 1.47 bits per heavy atom. The minimum absolute atomic E-state index is 0.120. The molecule has 0 aliphatic carbocycles. The summed E-state index contributed by atoms with van der Waals surface area (Å²) >= 11 is 0. The second kappa shape index (κ2) is 8.13. The monoisotopic (exact) mass is 472 g/mol. The van der Waals surface area contributed by atoms with E-state index in [2.05, 4.69) is 0 Å². The smallest absolute Gasteiger partial charge is 0.334 e. The van der Waals surface area contributed by atoms with Gasteiger partial charge < -0.3 is 4.74 Å². The fraction of sp³-hybridized carbons (Fsp3) is 0.478. The maximum atomic E-state index is 13.2. The Bertz CT molecular complexity index is 1070. The predicted molar refractivity (Wildman–Crippen MR) is 113 cm³/mol. The molecule has 0 fully saturated rings. The van der Waals surface area contributed by atoms with Crippen LogP contribution in [-0.2, 0) is 41.2 Å². The van der Waals surface area contributed by atoms with Crippen LogP contribution in [0.2, 0.25) is 0 Å². The molecule has 176 valence electrons. The topological polar surface area (TPSA) is 61.8 Å². The van der Waals surface area contributed by atoms with Gasteiger partial charge in [-0.3, -0.25) is 0 Å². The number of halogens is 3. The average molecular weight is 473 g/mol. The number of ether oxygens (including phenoxy) is 1. The van der Waals surface area contributed by atoms with Crippen LogP contribution in [0.1, 0.15) is 51.3 Å². The van der Waals surface area contributed by atoms with Gasteiger partial charge in [0.25, 0.3) is 0 Å². The van der Waals surface area contributed by atoms with Crippen molar-refractivity contribution in [2.75, 3.05) is 12.4 Å². The number of fused-ring (bicyclic) bond motifs is 1. The lowest BCUT2D eigenvalue weighted by atomic mass is 9.87. The molecule has 1 aliphatic rings. The highest BCUT2D eigenvalue weighted by Crippen LogP contribution is 2.44. The zero-order valence-electron chi connectivity index (χ0n) is 18.6. The van der Waals surface area contributed by atoms with Gasteiger partial charge in [0, 0.05) is 5.56 Å². The van der Waals surface area contributed by atoms with E-state index in [9.17, 15) is 21.6 Å². The van der Waals surface area contributed by atoms with Crippen LogP contribution in [0.15, 0.2) is 53.4 Å². The van der Waals surface area contributed by atoms with Gasteiger partial charge in [-0.2, -0.15) is 18.1 Å². The first-order valence-electron chi connectivity index (χ1n) is 10.1. The average Bonchev–Trinajstić information content (AvgIpc) is 2.69. The van der Waals surface area contributed by atoms with Crippen LogP contribution in [0.25, 0.3) is 0 Å². The summed E-state index contributed by atoms with van der Waals surface area (Å²) in [7, 11) is -3.82. The molecule has 2 aromatic rings. The fourth-order valence-electron chi connectivity index (χ4n) is 3.63. The van der Waals surface area contributed by atoms with Crippen molar-refractivity contribution in [1.82, 2.24) is 0 Å². The molecule has 32 heavy (non-hydrogen) atoms. The zero-order valence-corrected chi connectivity index (χ0v) is 19.4. The summed E-state index contributed by atoms with van der Waals surface area (Å²) in [5.74, 6) is -2.31. The minimum atomic E-state index is -4.56. The SMILES string of the molecule is CC(C)(C)c1ccc(S(=O)(=O)CC2(C)OOC(C)(OCC(F)(F)F)c3ccccc32)cc1. The molecule has 0 bridgehead atoms. The maximum absolute atomic E-state index is 13.2. The van der Waals surface area contributed by atoms with Crippen molar-refractivity contribution in [2.24, 2.45) is 0 Å². The Balaban J connectivity index is 1.93. The molecule has 0 aromatic heterocycles. The fourth-order valence-corrected chi connectivity index (χ4v) is 5.28. The van der Waals surface area contributed by atoms with Crippen molar-refractivity contribution in [3.8, 4) is 0 Å². The Morgan fingerprint density at radius 1 is 0.906 bits per heavy atom. The van der Waals surface area contributed by atoms with Crippen molar-refractivity contribution in [3.05, 3.63) is 65.2 Å². The van der Waals surface area contributed by atoms with Gasteiger partial charge in [0.15, 0.2) is 9.84 Å². The third-order valence-corrected chi connectivity index (χ3v) is 7.35. The van der Waals surface area contributed by atoms with Crippen molar-refractivity contribution in [3.63, 3.8) is 0 Å². The Kier molecular flexibility index (Phi) is 6.27. The summed E-state index contributed by atoms with van der Waals surface area (Å²) in [4.78, 5) is 10.8. The van der Waals surface area contributed by atoms with Crippen LogP contribution in [-0.4, -0.2) is 27.0 Å². The number of rotatable bonds is 5. The lowest BCUT2D eigenvalue weighted by Crippen LogP contribution is -2.47. The normalized spacial score (nSPS) is 24.2. The van der Waals surface area contributed by atoms with Crippen molar-refractivity contribution in [1.29, 1.82) is 0 Å². The van der Waals surface area contributed by atoms with E-state index in [1.165, 1.54) is 19.9 Å². The Morgan fingerprint density at radius 3 is 2.00 bits per heavy atom. The quantitative estimate of drug-likeness (QED) is 0.547. The van der Waals surface area contributed by atoms with Crippen LogP contribution in [0.3, 0.4) is 0 Å². The molecule has 2 unspecified atom stereocenters. The molecule has 0 amide bonds. The summed E-state index contributed by atoms with van der Waals surface area (Å²) in [5.41, 5.74) is 0.0538. The van der Waals surface area contributed by atoms with Gasteiger partial charge in [-0.25, -0.2) is 13.3 Å². The molecule has 9 heteroatoms. The van der Waals surface area contributed by atoms with E-state index >= 15 is 0 Å². The third-order valence-electron chi connectivity index (χ3n) is 5.43. The summed E-state index contributed by atoms with van der Waals surface area (Å²) in [6.07, 6.45) is -4.56. The van der Waals surface area contributed by atoms with Crippen molar-refractivity contribution in [2.45, 2.75) is 62.5 Å². The maximum Gasteiger partial charge on any atom is 0.411 e. The van der Waals surface area contributed by atoms with Crippen LogP contribution >= 0.6 is 0 Å². The first-order valence-corrected chi connectivity index (χ1v) is 11.7. The highest BCUT2D eigenvalue weighted by atomic mass is 32.2. The van der Waals surface area contributed by atoms with Crippen LogP contribution in [0, 0.1) is 0 Å². The van der Waals surface area contributed by atoms with Gasteiger partial charge in [-0.1, -0.05) is 57.2 Å². The number of benzene rings is 2. The van der Waals surface area contributed by atoms with E-state index in [4.69, 9.17) is 14.5 Å². The molecule has 0 saturated carbocycles. The number of hydrogen-bond acceptors (Lipinski definition) is 5. The van der Waals surface area contributed by atoms with Crippen molar-refractivity contribution < 1.29 is 36.1 Å². The molecule has 3 rings (SSSR count). The molecule has 2 atom stereocenters. The summed E-state index contributed by atoms with van der Waals surface area (Å²) in [6, 6.07) is 13.0. The molecule has 5 nitrogen and oxygen atoms in total. The van der Waals surface area contributed by atoms with Crippen LogP contribution in [0.5, 0.6) is 0 Å². The number of sulfone groups is 1. The molecule has 0 radical (unpaired) electrons. The number of hydrogen-bond donors (Lipinski definition) is 0. The van der Waals surface area contributed by atoms with Crippen LogP contribution < -0.4 is 0 Å². The molecule has 2 aromatic carbocycles. The summed E-state index contributed by atoms with van der Waals surface area (Å²) in [5, 5.41) is 0. The zero-order chi connectivity index (χ0) is 24.0. The van der Waals surface area contributed by atoms with E-state index < -0.39 is 39.8 Å². The lowest BCUT2D eigenvalue weighted by molar-refractivity contribution is -0.484. The lowest BCUT2D eigenvalue weighted by Gasteiger charge is -2.42. The number of alkyl halides is 3. The van der Waals surface area contributed by atoms with Gasteiger partial charge in [0.05, 0.1) is 10.6 Å². The summed E-state index contributed by atoms with van der Waals surface area (Å²) in [6.45, 7) is 7.36. The first-order chi connectivity index (χ1) is 14.6. The molecule has 0 N–H and O–H groups in total.